The number of nitrogens with one attached hydrogen (secondary N) is 2. The Morgan fingerprint density at radius 3 is 2.54 bits per heavy atom. The van der Waals surface area contributed by atoms with Gasteiger partial charge in [0.2, 0.25) is 0 Å². The van der Waals surface area contributed by atoms with Gasteiger partial charge in [0.25, 0.3) is 5.91 Å². The molecule has 2 aromatic carbocycles. The molecule has 2 heterocycles. The molecular weight excluding hydrogens is 354 g/mol. The third-order valence-corrected chi connectivity index (χ3v) is 4.49. The molecule has 1 unspecified atom stereocenters. The minimum atomic E-state index is -0.158. The number of amides is 1. The van der Waals surface area contributed by atoms with E-state index in [9.17, 15) is 4.79 Å². The van der Waals surface area contributed by atoms with Crippen LogP contribution in [0.4, 0.5) is 11.5 Å². The number of hydrogen-bond acceptors (Lipinski definition) is 5. The van der Waals surface area contributed by atoms with E-state index in [0.717, 1.165) is 17.0 Å². The summed E-state index contributed by atoms with van der Waals surface area (Å²) in [5.74, 6) is 1.94. The van der Waals surface area contributed by atoms with Crippen molar-refractivity contribution in [2.45, 2.75) is 13.0 Å². The van der Waals surface area contributed by atoms with Gasteiger partial charge in [-0.3, -0.25) is 4.79 Å². The van der Waals surface area contributed by atoms with Crippen LogP contribution in [0.1, 0.15) is 28.9 Å². The quantitative estimate of drug-likeness (QED) is 0.703. The summed E-state index contributed by atoms with van der Waals surface area (Å²) in [5.41, 5.74) is 2.41. The Labute approximate surface area is 163 Å². The molecule has 0 saturated heterocycles. The van der Waals surface area contributed by atoms with E-state index in [1.165, 1.54) is 0 Å². The van der Waals surface area contributed by atoms with Gasteiger partial charge in [0.05, 0.1) is 11.6 Å². The molecule has 6 heteroatoms. The standard InChI is InChI=1S/C22H21N3O3/c1-15(16-5-3-2-4-6-16)24-22(26)17-7-10-21(23-14-17)25-18-8-9-19-20(13-18)28-12-11-27-19/h2-10,13-15H,11-12H2,1H3,(H,23,25)(H,24,26). The molecule has 1 aromatic heterocycles. The fourth-order valence-corrected chi connectivity index (χ4v) is 2.98. The minimum absolute atomic E-state index is 0.0794. The van der Waals surface area contributed by atoms with Crippen LogP contribution in [-0.2, 0) is 0 Å². The highest BCUT2D eigenvalue weighted by Crippen LogP contribution is 2.33. The average Bonchev–Trinajstić information content (AvgIpc) is 2.75. The first kappa shape index (κ1) is 17.9. The van der Waals surface area contributed by atoms with Gasteiger partial charge in [0.1, 0.15) is 19.0 Å². The van der Waals surface area contributed by atoms with Crippen molar-refractivity contribution in [2.75, 3.05) is 18.5 Å². The van der Waals surface area contributed by atoms with Crippen LogP contribution in [-0.4, -0.2) is 24.1 Å². The summed E-state index contributed by atoms with van der Waals surface area (Å²) in [6, 6.07) is 18.9. The Hall–Kier alpha value is -3.54. The summed E-state index contributed by atoms with van der Waals surface area (Å²) in [6.07, 6.45) is 1.56. The average molecular weight is 375 g/mol. The van der Waals surface area contributed by atoms with Gasteiger partial charge in [-0.05, 0) is 36.8 Å². The summed E-state index contributed by atoms with van der Waals surface area (Å²) in [5, 5.41) is 6.19. The van der Waals surface area contributed by atoms with E-state index in [0.29, 0.717) is 30.3 Å². The first-order chi connectivity index (χ1) is 13.7. The topological polar surface area (TPSA) is 72.5 Å². The van der Waals surface area contributed by atoms with Gasteiger partial charge in [-0.1, -0.05) is 30.3 Å². The monoisotopic (exact) mass is 375 g/mol. The van der Waals surface area contributed by atoms with Crippen LogP contribution in [0.5, 0.6) is 11.5 Å². The number of hydrogen-bond donors (Lipinski definition) is 2. The first-order valence-electron chi connectivity index (χ1n) is 9.17. The predicted octanol–water partition coefficient (Wildman–Crippen LogP) is 4.09. The molecule has 4 rings (SSSR count). The van der Waals surface area contributed by atoms with Crippen molar-refractivity contribution in [1.29, 1.82) is 0 Å². The maximum Gasteiger partial charge on any atom is 0.253 e. The van der Waals surface area contributed by atoms with E-state index < -0.39 is 0 Å². The lowest BCUT2D eigenvalue weighted by Gasteiger charge is -2.19. The fraction of sp³-hybridized carbons (Fsp3) is 0.182. The lowest BCUT2D eigenvalue weighted by atomic mass is 10.1. The normalized spacial score (nSPS) is 13.5. The highest BCUT2D eigenvalue weighted by atomic mass is 16.6. The van der Waals surface area contributed by atoms with Gasteiger partial charge in [-0.2, -0.15) is 0 Å². The SMILES string of the molecule is CC(NC(=O)c1ccc(Nc2ccc3c(c2)OCCO3)nc1)c1ccccc1. The first-order valence-corrected chi connectivity index (χ1v) is 9.17. The Balaban J connectivity index is 1.40. The van der Waals surface area contributed by atoms with E-state index in [-0.39, 0.29) is 11.9 Å². The number of aromatic nitrogens is 1. The molecule has 0 fully saturated rings. The third-order valence-electron chi connectivity index (χ3n) is 4.49. The summed E-state index contributed by atoms with van der Waals surface area (Å²) in [4.78, 5) is 16.8. The predicted molar refractivity (Wildman–Crippen MR) is 107 cm³/mol. The molecule has 1 aliphatic rings. The van der Waals surface area contributed by atoms with Gasteiger partial charge >= 0.3 is 0 Å². The van der Waals surface area contributed by atoms with Crippen LogP contribution in [0.3, 0.4) is 0 Å². The Morgan fingerprint density at radius 2 is 1.79 bits per heavy atom. The van der Waals surface area contributed by atoms with Crippen molar-refractivity contribution in [3.8, 4) is 11.5 Å². The van der Waals surface area contributed by atoms with Gasteiger partial charge in [-0.15, -0.1) is 0 Å². The molecule has 142 valence electrons. The molecule has 0 spiro atoms. The molecule has 0 saturated carbocycles. The summed E-state index contributed by atoms with van der Waals surface area (Å²) in [7, 11) is 0. The summed E-state index contributed by atoms with van der Waals surface area (Å²) < 4.78 is 11.1. The maximum atomic E-state index is 12.5. The van der Waals surface area contributed by atoms with Gasteiger partial charge in [-0.25, -0.2) is 4.98 Å². The van der Waals surface area contributed by atoms with Crippen molar-refractivity contribution in [3.05, 3.63) is 78.0 Å². The van der Waals surface area contributed by atoms with Gasteiger partial charge in [0, 0.05) is 18.0 Å². The second-order valence-electron chi connectivity index (χ2n) is 6.52. The number of anilines is 2. The Bertz CT molecular complexity index is 959. The molecular formula is C22H21N3O3. The lowest BCUT2D eigenvalue weighted by Crippen LogP contribution is -2.26. The van der Waals surface area contributed by atoms with Crippen LogP contribution < -0.4 is 20.1 Å². The molecule has 1 amide bonds. The van der Waals surface area contributed by atoms with Crippen LogP contribution in [0.15, 0.2) is 66.9 Å². The largest absolute Gasteiger partial charge is 0.486 e. The highest BCUT2D eigenvalue weighted by molar-refractivity contribution is 5.94. The van der Waals surface area contributed by atoms with Crippen molar-refractivity contribution in [3.63, 3.8) is 0 Å². The van der Waals surface area contributed by atoms with Gasteiger partial charge < -0.3 is 20.1 Å². The number of ether oxygens (including phenoxy) is 2. The van der Waals surface area contributed by atoms with Crippen molar-refractivity contribution in [2.24, 2.45) is 0 Å². The number of carbonyl (C=O) groups is 1. The molecule has 6 nitrogen and oxygen atoms in total. The van der Waals surface area contributed by atoms with E-state index >= 15 is 0 Å². The van der Waals surface area contributed by atoms with Crippen molar-refractivity contribution >= 4 is 17.4 Å². The van der Waals surface area contributed by atoms with Crippen LogP contribution in [0, 0.1) is 0 Å². The van der Waals surface area contributed by atoms with E-state index in [1.807, 2.05) is 55.5 Å². The Kier molecular flexibility index (Phi) is 5.10. The Morgan fingerprint density at radius 1 is 1.00 bits per heavy atom. The van der Waals surface area contributed by atoms with Crippen LogP contribution in [0.25, 0.3) is 0 Å². The highest BCUT2D eigenvalue weighted by Gasteiger charge is 2.13. The smallest absolute Gasteiger partial charge is 0.253 e. The van der Waals surface area contributed by atoms with E-state index in [2.05, 4.69) is 15.6 Å². The zero-order chi connectivity index (χ0) is 19.3. The number of carbonyl (C=O) groups excluding carboxylic acids is 1. The zero-order valence-electron chi connectivity index (χ0n) is 15.5. The maximum absolute atomic E-state index is 12.5. The fourth-order valence-electron chi connectivity index (χ4n) is 2.98. The minimum Gasteiger partial charge on any atom is -0.486 e. The number of nitrogens with zero attached hydrogens (tertiary/aromatic N) is 1. The second-order valence-corrected chi connectivity index (χ2v) is 6.52. The number of rotatable bonds is 5. The lowest BCUT2D eigenvalue weighted by molar-refractivity contribution is 0.0939. The summed E-state index contributed by atoms with van der Waals surface area (Å²) in [6.45, 7) is 3.06. The number of benzene rings is 2. The van der Waals surface area contributed by atoms with Gasteiger partial charge in [0.15, 0.2) is 11.5 Å². The zero-order valence-corrected chi connectivity index (χ0v) is 15.5. The third kappa shape index (κ3) is 4.06. The molecule has 28 heavy (non-hydrogen) atoms. The van der Waals surface area contributed by atoms with Crippen molar-refractivity contribution in [1.82, 2.24) is 10.3 Å². The molecule has 1 aliphatic heterocycles. The second kappa shape index (κ2) is 8.00. The van der Waals surface area contributed by atoms with E-state index in [1.54, 1.807) is 18.3 Å². The molecule has 1 atom stereocenters. The van der Waals surface area contributed by atoms with E-state index in [4.69, 9.17) is 9.47 Å². The molecule has 0 bridgehead atoms. The van der Waals surface area contributed by atoms with Crippen LogP contribution >= 0.6 is 0 Å². The van der Waals surface area contributed by atoms with Crippen LogP contribution in [0.2, 0.25) is 0 Å². The molecule has 3 aromatic rings. The summed E-state index contributed by atoms with van der Waals surface area (Å²) >= 11 is 0. The molecule has 0 aliphatic carbocycles. The number of fused-ring (bicyclic) bond motifs is 1. The van der Waals surface area contributed by atoms with Crippen molar-refractivity contribution < 1.29 is 14.3 Å². The molecule has 0 radical (unpaired) electrons. The number of pyridine rings is 1. The molecule has 2 N–H and O–H groups in total.